The van der Waals surface area contributed by atoms with Crippen LogP contribution in [-0.2, 0) is 13.7 Å². The van der Waals surface area contributed by atoms with Gasteiger partial charge in [0, 0.05) is 17.1 Å². The van der Waals surface area contributed by atoms with E-state index >= 15 is 0 Å². The first-order valence-corrected chi connectivity index (χ1v) is 5.88. The van der Waals surface area contributed by atoms with Crippen LogP contribution in [0.2, 0.25) is 5.15 Å². The van der Waals surface area contributed by atoms with Crippen LogP contribution in [0, 0.1) is 0 Å². The van der Waals surface area contributed by atoms with Crippen molar-refractivity contribution in [1.29, 1.82) is 0 Å². The van der Waals surface area contributed by atoms with Gasteiger partial charge in [-0.1, -0.05) is 39.7 Å². The summed E-state index contributed by atoms with van der Waals surface area (Å²) >= 11 is 9.40. The molecule has 0 aliphatic rings. The van der Waals surface area contributed by atoms with Crippen LogP contribution >= 0.6 is 27.5 Å². The third kappa shape index (κ3) is 2.00. The predicted octanol–water partition coefficient (Wildman–Crippen LogP) is 3.00. The predicted molar refractivity (Wildman–Crippen MR) is 67.3 cm³/mol. The number of hydrogen-bond acceptors (Lipinski definition) is 2. The van der Waals surface area contributed by atoms with E-state index in [9.17, 15) is 0 Å². The summed E-state index contributed by atoms with van der Waals surface area (Å²) in [6.45, 7) is -0.150. The monoisotopic (exact) mass is 300 g/mol. The molecule has 1 aromatic carbocycles. The first kappa shape index (κ1) is 11.6. The zero-order valence-electron chi connectivity index (χ0n) is 8.61. The Morgan fingerprint density at radius 3 is 2.50 bits per heavy atom. The van der Waals surface area contributed by atoms with Crippen LogP contribution in [0.15, 0.2) is 28.7 Å². The van der Waals surface area contributed by atoms with E-state index in [1.165, 1.54) is 0 Å². The molecule has 0 atom stereocenters. The van der Waals surface area contributed by atoms with Gasteiger partial charge in [-0.05, 0) is 12.1 Å². The fraction of sp³-hybridized carbons (Fsp3) is 0.182. The van der Waals surface area contributed by atoms with Crippen LogP contribution in [0.4, 0.5) is 0 Å². The summed E-state index contributed by atoms with van der Waals surface area (Å²) in [6.07, 6.45) is 0. The molecule has 5 heteroatoms. The van der Waals surface area contributed by atoms with Crippen LogP contribution in [0.5, 0.6) is 0 Å². The van der Waals surface area contributed by atoms with Gasteiger partial charge in [-0.25, -0.2) is 4.98 Å². The van der Waals surface area contributed by atoms with Gasteiger partial charge in [0.25, 0.3) is 0 Å². The Bertz CT molecular complexity index is 507. The third-order valence-electron chi connectivity index (χ3n) is 2.34. The highest BCUT2D eigenvalue weighted by molar-refractivity contribution is 9.10. The fourth-order valence-electron chi connectivity index (χ4n) is 1.49. The molecule has 0 fully saturated rings. The Kier molecular flexibility index (Phi) is 3.33. The molecule has 0 bridgehead atoms. The van der Waals surface area contributed by atoms with Crippen LogP contribution in [-0.4, -0.2) is 14.7 Å². The summed E-state index contributed by atoms with van der Waals surface area (Å²) in [7, 11) is 1.83. The summed E-state index contributed by atoms with van der Waals surface area (Å²) < 4.78 is 2.77. The first-order chi connectivity index (χ1) is 7.63. The molecule has 84 valence electrons. The van der Waals surface area contributed by atoms with Crippen LogP contribution in [0.1, 0.15) is 5.69 Å². The molecule has 2 rings (SSSR count). The summed E-state index contributed by atoms with van der Waals surface area (Å²) in [5, 5.41) is 9.55. The SMILES string of the molecule is Cn1c(-c2ccc(Br)cc2)nc(CO)c1Cl. The number of aliphatic hydroxyl groups excluding tert-OH is 1. The lowest BCUT2D eigenvalue weighted by molar-refractivity contribution is 0.277. The van der Waals surface area contributed by atoms with Gasteiger partial charge in [0.05, 0.1) is 6.61 Å². The Morgan fingerprint density at radius 1 is 1.38 bits per heavy atom. The number of aromatic nitrogens is 2. The molecule has 1 aromatic heterocycles. The Morgan fingerprint density at radius 2 is 2.00 bits per heavy atom. The number of rotatable bonds is 2. The zero-order valence-corrected chi connectivity index (χ0v) is 11.0. The standard InChI is InChI=1S/C11H10BrClN2O/c1-15-10(13)9(6-16)14-11(15)7-2-4-8(12)5-3-7/h2-5,16H,6H2,1H3. The normalized spacial score (nSPS) is 10.8. The van der Waals surface area contributed by atoms with Crippen molar-refractivity contribution in [3.8, 4) is 11.4 Å². The lowest BCUT2D eigenvalue weighted by Gasteiger charge is -2.02. The van der Waals surface area contributed by atoms with Gasteiger partial charge in [0.1, 0.15) is 16.7 Å². The minimum absolute atomic E-state index is 0.150. The number of aliphatic hydroxyl groups is 1. The Labute approximate surface area is 107 Å². The Balaban J connectivity index is 2.52. The van der Waals surface area contributed by atoms with Gasteiger partial charge in [-0.3, -0.25) is 0 Å². The van der Waals surface area contributed by atoms with Crippen molar-refractivity contribution in [2.45, 2.75) is 6.61 Å². The molecule has 2 aromatic rings. The molecule has 0 spiro atoms. The van der Waals surface area contributed by atoms with E-state index in [4.69, 9.17) is 16.7 Å². The van der Waals surface area contributed by atoms with Gasteiger partial charge in [-0.15, -0.1) is 0 Å². The highest BCUT2D eigenvalue weighted by atomic mass is 79.9. The molecule has 1 N–H and O–H groups in total. The maximum Gasteiger partial charge on any atom is 0.141 e. The van der Waals surface area contributed by atoms with E-state index in [2.05, 4.69) is 20.9 Å². The molecule has 3 nitrogen and oxygen atoms in total. The van der Waals surface area contributed by atoms with Crippen molar-refractivity contribution in [2.75, 3.05) is 0 Å². The molecule has 0 unspecified atom stereocenters. The van der Waals surface area contributed by atoms with E-state index in [0.29, 0.717) is 10.8 Å². The van der Waals surface area contributed by atoms with Crippen LogP contribution in [0.3, 0.4) is 0 Å². The average Bonchev–Trinajstić information content (AvgIpc) is 2.57. The maximum atomic E-state index is 9.08. The van der Waals surface area contributed by atoms with Crippen molar-refractivity contribution < 1.29 is 5.11 Å². The minimum Gasteiger partial charge on any atom is -0.390 e. The fourth-order valence-corrected chi connectivity index (χ4v) is 1.94. The molecular formula is C11H10BrClN2O. The second-order valence-corrected chi connectivity index (χ2v) is 4.67. The summed E-state index contributed by atoms with van der Waals surface area (Å²) in [5.41, 5.74) is 1.47. The van der Waals surface area contributed by atoms with Gasteiger partial charge in [0.2, 0.25) is 0 Å². The largest absolute Gasteiger partial charge is 0.390 e. The van der Waals surface area contributed by atoms with Gasteiger partial charge in [0.15, 0.2) is 0 Å². The second kappa shape index (κ2) is 4.57. The molecular weight excluding hydrogens is 291 g/mol. The van der Waals surface area contributed by atoms with Crippen LogP contribution < -0.4 is 0 Å². The molecule has 16 heavy (non-hydrogen) atoms. The van der Waals surface area contributed by atoms with Crippen molar-refractivity contribution in [1.82, 2.24) is 9.55 Å². The smallest absolute Gasteiger partial charge is 0.141 e. The highest BCUT2D eigenvalue weighted by Crippen LogP contribution is 2.25. The van der Waals surface area contributed by atoms with Gasteiger partial charge in [-0.2, -0.15) is 0 Å². The molecule has 0 saturated heterocycles. The summed E-state index contributed by atoms with van der Waals surface area (Å²) in [5.74, 6) is 0.751. The average molecular weight is 302 g/mol. The number of nitrogens with zero attached hydrogens (tertiary/aromatic N) is 2. The minimum atomic E-state index is -0.150. The lowest BCUT2D eigenvalue weighted by atomic mass is 10.2. The first-order valence-electron chi connectivity index (χ1n) is 4.71. The van der Waals surface area contributed by atoms with Gasteiger partial charge >= 0.3 is 0 Å². The molecule has 1 heterocycles. The number of benzene rings is 1. The quantitative estimate of drug-likeness (QED) is 0.926. The van der Waals surface area contributed by atoms with Crippen LogP contribution in [0.25, 0.3) is 11.4 Å². The summed E-state index contributed by atoms with van der Waals surface area (Å²) in [6, 6.07) is 7.78. The Hall–Kier alpha value is -0.840. The van der Waals surface area contributed by atoms with Crippen molar-refractivity contribution >= 4 is 27.5 Å². The molecule has 0 saturated carbocycles. The van der Waals surface area contributed by atoms with Crippen molar-refractivity contribution in [2.24, 2.45) is 7.05 Å². The lowest BCUT2D eigenvalue weighted by Crippen LogP contribution is -1.92. The van der Waals surface area contributed by atoms with Crippen molar-refractivity contribution in [3.63, 3.8) is 0 Å². The van der Waals surface area contributed by atoms with E-state index in [0.717, 1.165) is 15.9 Å². The number of imidazole rings is 1. The van der Waals surface area contributed by atoms with E-state index in [1.807, 2.05) is 31.3 Å². The highest BCUT2D eigenvalue weighted by Gasteiger charge is 2.13. The van der Waals surface area contributed by atoms with E-state index < -0.39 is 0 Å². The van der Waals surface area contributed by atoms with Crippen molar-refractivity contribution in [3.05, 3.63) is 39.6 Å². The third-order valence-corrected chi connectivity index (χ3v) is 3.34. The molecule has 0 amide bonds. The molecule has 0 radical (unpaired) electrons. The molecule has 0 aliphatic heterocycles. The van der Waals surface area contributed by atoms with Gasteiger partial charge < -0.3 is 9.67 Å². The molecule has 0 aliphatic carbocycles. The number of hydrogen-bond donors (Lipinski definition) is 1. The summed E-state index contributed by atoms with van der Waals surface area (Å²) in [4.78, 5) is 4.29. The topological polar surface area (TPSA) is 38.0 Å². The zero-order chi connectivity index (χ0) is 11.7. The second-order valence-electron chi connectivity index (χ2n) is 3.40. The van der Waals surface area contributed by atoms with E-state index in [1.54, 1.807) is 4.57 Å². The maximum absolute atomic E-state index is 9.08. The number of halogens is 2. The van der Waals surface area contributed by atoms with E-state index in [-0.39, 0.29) is 6.61 Å².